The molecular formula is C12H17N3O. The van der Waals surface area contributed by atoms with Crippen LogP contribution in [0.2, 0.25) is 0 Å². The van der Waals surface area contributed by atoms with Gasteiger partial charge in [-0.15, -0.1) is 0 Å². The molecule has 1 unspecified atom stereocenters. The van der Waals surface area contributed by atoms with Crippen LogP contribution < -0.4 is 5.32 Å². The first-order valence-corrected chi connectivity index (χ1v) is 5.56. The van der Waals surface area contributed by atoms with Crippen LogP contribution in [0.15, 0.2) is 24.5 Å². The molecule has 0 saturated carbocycles. The fourth-order valence-electron chi connectivity index (χ4n) is 1.74. The molecule has 16 heavy (non-hydrogen) atoms. The fourth-order valence-corrected chi connectivity index (χ4v) is 1.74. The van der Waals surface area contributed by atoms with Gasteiger partial charge in [0, 0.05) is 37.0 Å². The smallest absolute Gasteiger partial charge is 0.137 e. The van der Waals surface area contributed by atoms with Crippen LogP contribution in [-0.4, -0.2) is 27.7 Å². The molecule has 3 N–H and O–H groups in total. The number of fused-ring (bicyclic) bond motifs is 1. The Balaban J connectivity index is 2.04. The number of hydrogen-bond donors (Lipinski definition) is 3. The van der Waals surface area contributed by atoms with E-state index in [1.165, 1.54) is 5.56 Å². The Kier molecular flexibility index (Phi) is 3.54. The van der Waals surface area contributed by atoms with Crippen LogP contribution in [-0.2, 0) is 6.54 Å². The molecule has 0 amide bonds. The second kappa shape index (κ2) is 5.09. The molecule has 0 spiro atoms. The van der Waals surface area contributed by atoms with Gasteiger partial charge < -0.3 is 15.4 Å². The van der Waals surface area contributed by atoms with E-state index in [4.69, 9.17) is 5.11 Å². The van der Waals surface area contributed by atoms with Crippen molar-refractivity contribution < 1.29 is 5.11 Å². The molecule has 0 aliphatic rings. The zero-order valence-electron chi connectivity index (χ0n) is 9.40. The molecule has 86 valence electrons. The van der Waals surface area contributed by atoms with Crippen LogP contribution in [0.4, 0.5) is 0 Å². The Morgan fingerprint density at radius 1 is 1.56 bits per heavy atom. The Hall–Kier alpha value is -1.39. The number of aliphatic hydroxyl groups excluding tert-OH is 1. The van der Waals surface area contributed by atoms with Crippen molar-refractivity contribution >= 4 is 11.0 Å². The van der Waals surface area contributed by atoms with Crippen LogP contribution in [0.25, 0.3) is 11.0 Å². The minimum atomic E-state index is 0.226. The molecule has 0 radical (unpaired) electrons. The lowest BCUT2D eigenvalue weighted by Crippen LogP contribution is -2.26. The average Bonchev–Trinajstić information content (AvgIpc) is 2.70. The summed E-state index contributed by atoms with van der Waals surface area (Å²) in [5.74, 6) is 0. The van der Waals surface area contributed by atoms with Gasteiger partial charge in [0.1, 0.15) is 5.65 Å². The summed E-state index contributed by atoms with van der Waals surface area (Å²) in [5.41, 5.74) is 2.14. The zero-order chi connectivity index (χ0) is 11.4. The number of nitrogens with zero attached hydrogens (tertiary/aromatic N) is 1. The van der Waals surface area contributed by atoms with E-state index >= 15 is 0 Å². The Bertz CT molecular complexity index is 452. The van der Waals surface area contributed by atoms with Crippen LogP contribution >= 0.6 is 0 Å². The number of nitrogens with one attached hydrogen (secondary N) is 2. The number of rotatable bonds is 5. The van der Waals surface area contributed by atoms with Crippen molar-refractivity contribution in [2.75, 3.05) is 6.61 Å². The van der Waals surface area contributed by atoms with Crippen molar-refractivity contribution in [2.45, 2.75) is 25.9 Å². The second-order valence-corrected chi connectivity index (χ2v) is 4.01. The third kappa shape index (κ3) is 2.40. The summed E-state index contributed by atoms with van der Waals surface area (Å²) in [7, 11) is 0. The lowest BCUT2D eigenvalue weighted by Gasteiger charge is -2.11. The lowest BCUT2D eigenvalue weighted by atomic mass is 10.2. The van der Waals surface area contributed by atoms with Crippen molar-refractivity contribution in [1.82, 2.24) is 15.3 Å². The molecule has 2 aromatic heterocycles. The van der Waals surface area contributed by atoms with E-state index in [-0.39, 0.29) is 6.61 Å². The molecule has 0 saturated heterocycles. The van der Waals surface area contributed by atoms with Gasteiger partial charge in [-0.25, -0.2) is 4.98 Å². The molecule has 1 atom stereocenters. The lowest BCUT2D eigenvalue weighted by molar-refractivity contribution is 0.269. The summed E-state index contributed by atoms with van der Waals surface area (Å²) < 4.78 is 0. The highest BCUT2D eigenvalue weighted by Crippen LogP contribution is 2.15. The van der Waals surface area contributed by atoms with Gasteiger partial charge in [-0.05, 0) is 31.0 Å². The maximum Gasteiger partial charge on any atom is 0.137 e. The van der Waals surface area contributed by atoms with E-state index in [0.29, 0.717) is 6.04 Å². The van der Waals surface area contributed by atoms with Crippen LogP contribution in [0.3, 0.4) is 0 Å². The monoisotopic (exact) mass is 219 g/mol. The molecule has 0 aliphatic carbocycles. The Morgan fingerprint density at radius 2 is 2.44 bits per heavy atom. The maximum absolute atomic E-state index is 8.81. The first-order chi connectivity index (χ1) is 7.81. The van der Waals surface area contributed by atoms with Crippen molar-refractivity contribution in [2.24, 2.45) is 0 Å². The number of pyridine rings is 1. The van der Waals surface area contributed by atoms with Gasteiger partial charge in [-0.3, -0.25) is 0 Å². The quantitative estimate of drug-likeness (QED) is 0.712. The van der Waals surface area contributed by atoms with Gasteiger partial charge in [0.05, 0.1) is 0 Å². The predicted molar refractivity (Wildman–Crippen MR) is 64.1 cm³/mol. The maximum atomic E-state index is 8.81. The van der Waals surface area contributed by atoms with E-state index < -0.39 is 0 Å². The third-order valence-electron chi connectivity index (χ3n) is 2.74. The average molecular weight is 219 g/mol. The van der Waals surface area contributed by atoms with Crippen molar-refractivity contribution in [3.8, 4) is 0 Å². The summed E-state index contributed by atoms with van der Waals surface area (Å²) in [4.78, 5) is 7.39. The fraction of sp³-hybridized carbons (Fsp3) is 0.417. The molecule has 0 aromatic carbocycles. The predicted octanol–water partition coefficient (Wildman–Crippen LogP) is 1.42. The topological polar surface area (TPSA) is 60.9 Å². The Morgan fingerprint density at radius 3 is 3.25 bits per heavy atom. The summed E-state index contributed by atoms with van der Waals surface area (Å²) in [6.07, 6.45) is 4.54. The van der Waals surface area contributed by atoms with Crippen molar-refractivity contribution in [3.63, 3.8) is 0 Å². The molecule has 0 aliphatic heterocycles. The van der Waals surface area contributed by atoms with E-state index in [1.807, 2.05) is 12.3 Å². The van der Waals surface area contributed by atoms with E-state index in [9.17, 15) is 0 Å². The van der Waals surface area contributed by atoms with E-state index in [2.05, 4.69) is 28.3 Å². The molecule has 2 rings (SSSR count). The van der Waals surface area contributed by atoms with Gasteiger partial charge >= 0.3 is 0 Å². The minimum Gasteiger partial charge on any atom is -0.396 e. The summed E-state index contributed by atoms with van der Waals surface area (Å²) in [5, 5.41) is 13.3. The minimum absolute atomic E-state index is 0.226. The highest BCUT2D eigenvalue weighted by atomic mass is 16.3. The van der Waals surface area contributed by atoms with Crippen molar-refractivity contribution in [3.05, 3.63) is 30.1 Å². The molecule has 2 heterocycles. The van der Waals surface area contributed by atoms with Gasteiger partial charge in [0.25, 0.3) is 0 Å². The number of aliphatic hydroxyl groups is 1. The molecule has 0 bridgehead atoms. The molecule has 4 nitrogen and oxygen atoms in total. The molecule has 0 fully saturated rings. The molecule has 2 aromatic rings. The van der Waals surface area contributed by atoms with Gasteiger partial charge in [-0.2, -0.15) is 0 Å². The first-order valence-electron chi connectivity index (χ1n) is 5.56. The highest BCUT2D eigenvalue weighted by Gasteiger charge is 2.05. The highest BCUT2D eigenvalue weighted by molar-refractivity contribution is 5.79. The normalized spacial score (nSPS) is 13.1. The summed E-state index contributed by atoms with van der Waals surface area (Å²) >= 11 is 0. The number of hydrogen-bond acceptors (Lipinski definition) is 3. The zero-order valence-corrected chi connectivity index (χ0v) is 9.40. The largest absolute Gasteiger partial charge is 0.396 e. The van der Waals surface area contributed by atoms with Crippen LogP contribution in [0.1, 0.15) is 18.9 Å². The van der Waals surface area contributed by atoms with Crippen LogP contribution in [0, 0.1) is 0 Å². The van der Waals surface area contributed by atoms with Gasteiger partial charge in [-0.1, -0.05) is 0 Å². The standard InChI is InChI=1S/C12H17N3O/c1-9(4-6-16)14-7-10-8-15-12-11(10)3-2-5-13-12/h2-3,5,8-9,14,16H,4,6-7H2,1H3,(H,13,15). The summed E-state index contributed by atoms with van der Waals surface area (Å²) in [6, 6.07) is 4.33. The SMILES string of the molecule is CC(CCO)NCc1c[nH]c2ncccc12. The number of aromatic nitrogens is 2. The van der Waals surface area contributed by atoms with E-state index in [1.54, 1.807) is 6.20 Å². The summed E-state index contributed by atoms with van der Waals surface area (Å²) in [6.45, 7) is 3.10. The van der Waals surface area contributed by atoms with Gasteiger partial charge in [0.15, 0.2) is 0 Å². The van der Waals surface area contributed by atoms with Crippen LogP contribution in [0.5, 0.6) is 0 Å². The number of aromatic amines is 1. The molecule has 4 heteroatoms. The van der Waals surface area contributed by atoms with Gasteiger partial charge in [0.2, 0.25) is 0 Å². The Labute approximate surface area is 94.7 Å². The van der Waals surface area contributed by atoms with E-state index in [0.717, 1.165) is 24.0 Å². The van der Waals surface area contributed by atoms with Crippen molar-refractivity contribution in [1.29, 1.82) is 0 Å². The number of H-pyrrole nitrogens is 1. The first kappa shape index (κ1) is 11.1. The molecular weight excluding hydrogens is 202 g/mol. The second-order valence-electron chi connectivity index (χ2n) is 4.01. The third-order valence-corrected chi connectivity index (χ3v) is 2.74.